The van der Waals surface area contributed by atoms with Crippen LogP contribution in [0.4, 0.5) is 0 Å². The number of rotatable bonds is 8. The minimum absolute atomic E-state index is 0.138. The SMILES string of the molecule is COc1ccc(CCc2cc(CCc3ccc(OC)cc3)c(O)cc2O)cc1. The Morgan fingerprint density at radius 2 is 0.964 bits per heavy atom. The number of aryl methyl sites for hydroxylation is 4. The average Bonchev–Trinajstić information content (AvgIpc) is 2.73. The molecule has 0 aliphatic heterocycles. The summed E-state index contributed by atoms with van der Waals surface area (Å²) in [6.07, 6.45) is 3.02. The molecule has 4 heteroatoms. The lowest BCUT2D eigenvalue weighted by Crippen LogP contribution is -1.97. The molecule has 0 aliphatic carbocycles. The first kappa shape index (κ1) is 19.6. The molecule has 0 atom stereocenters. The topological polar surface area (TPSA) is 58.9 Å². The van der Waals surface area contributed by atoms with E-state index in [0.29, 0.717) is 12.8 Å². The third-order valence-electron chi connectivity index (χ3n) is 4.96. The van der Waals surface area contributed by atoms with E-state index in [4.69, 9.17) is 9.47 Å². The maximum absolute atomic E-state index is 10.2. The van der Waals surface area contributed by atoms with E-state index in [-0.39, 0.29) is 11.5 Å². The maximum atomic E-state index is 10.2. The number of methoxy groups -OCH3 is 2. The molecule has 0 fully saturated rings. The van der Waals surface area contributed by atoms with Crippen LogP contribution in [-0.4, -0.2) is 24.4 Å². The van der Waals surface area contributed by atoms with E-state index >= 15 is 0 Å². The molecule has 0 unspecified atom stereocenters. The molecule has 4 nitrogen and oxygen atoms in total. The van der Waals surface area contributed by atoms with Gasteiger partial charge in [-0.1, -0.05) is 24.3 Å². The minimum atomic E-state index is 0.138. The summed E-state index contributed by atoms with van der Waals surface area (Å²) in [5, 5.41) is 20.5. The zero-order valence-electron chi connectivity index (χ0n) is 16.3. The lowest BCUT2D eigenvalue weighted by atomic mass is 9.97. The van der Waals surface area contributed by atoms with Crippen molar-refractivity contribution in [1.82, 2.24) is 0 Å². The summed E-state index contributed by atoms with van der Waals surface area (Å²) in [6, 6.07) is 19.2. The summed E-state index contributed by atoms with van der Waals surface area (Å²) in [7, 11) is 3.30. The monoisotopic (exact) mass is 378 g/mol. The molecule has 0 saturated heterocycles. The predicted octanol–water partition coefficient (Wildman–Crippen LogP) is 4.69. The van der Waals surface area contributed by atoms with E-state index in [0.717, 1.165) is 35.5 Å². The van der Waals surface area contributed by atoms with E-state index in [1.54, 1.807) is 14.2 Å². The van der Waals surface area contributed by atoms with E-state index in [9.17, 15) is 10.2 Å². The Balaban J connectivity index is 1.66. The second kappa shape index (κ2) is 9.18. The number of benzene rings is 3. The van der Waals surface area contributed by atoms with Crippen molar-refractivity contribution in [3.63, 3.8) is 0 Å². The van der Waals surface area contributed by atoms with Gasteiger partial charge in [-0.05, 0) is 78.3 Å². The molecular formula is C24H26O4. The van der Waals surface area contributed by atoms with Crippen LogP contribution < -0.4 is 9.47 Å². The Labute approximate surface area is 166 Å². The van der Waals surface area contributed by atoms with E-state index in [1.165, 1.54) is 17.2 Å². The van der Waals surface area contributed by atoms with Crippen LogP contribution in [0.25, 0.3) is 0 Å². The van der Waals surface area contributed by atoms with Crippen molar-refractivity contribution < 1.29 is 19.7 Å². The van der Waals surface area contributed by atoms with Crippen LogP contribution in [0.3, 0.4) is 0 Å². The number of phenolic OH excluding ortho intramolecular Hbond substituents is 2. The van der Waals surface area contributed by atoms with Crippen LogP contribution in [-0.2, 0) is 25.7 Å². The van der Waals surface area contributed by atoms with E-state index in [2.05, 4.69) is 0 Å². The van der Waals surface area contributed by atoms with Crippen molar-refractivity contribution in [2.75, 3.05) is 14.2 Å². The quantitative estimate of drug-likeness (QED) is 0.597. The van der Waals surface area contributed by atoms with Crippen molar-refractivity contribution in [1.29, 1.82) is 0 Å². The highest BCUT2D eigenvalue weighted by atomic mass is 16.5. The fourth-order valence-electron chi connectivity index (χ4n) is 3.22. The van der Waals surface area contributed by atoms with Crippen LogP contribution in [0.1, 0.15) is 22.3 Å². The van der Waals surface area contributed by atoms with Crippen LogP contribution in [0.2, 0.25) is 0 Å². The molecule has 0 saturated carbocycles. The third kappa shape index (κ3) is 4.97. The van der Waals surface area contributed by atoms with Crippen molar-refractivity contribution in [3.05, 3.63) is 82.9 Å². The number of aromatic hydroxyl groups is 2. The van der Waals surface area contributed by atoms with Gasteiger partial charge < -0.3 is 19.7 Å². The molecule has 3 rings (SSSR count). The molecular weight excluding hydrogens is 352 g/mol. The van der Waals surface area contributed by atoms with Crippen molar-refractivity contribution in [3.8, 4) is 23.0 Å². The number of ether oxygens (including phenoxy) is 2. The standard InChI is InChI=1S/C24H26O4/c1-27-21-11-5-17(6-12-21)3-9-19-15-20(24(26)16-23(19)25)10-4-18-7-13-22(28-2)14-8-18/h5-8,11-16,25-26H,3-4,9-10H2,1-2H3. The Hall–Kier alpha value is -3.14. The van der Waals surface area contributed by atoms with Crippen molar-refractivity contribution in [2.45, 2.75) is 25.7 Å². The van der Waals surface area contributed by atoms with Gasteiger partial charge in [0.1, 0.15) is 23.0 Å². The normalized spacial score (nSPS) is 10.6. The first-order valence-corrected chi connectivity index (χ1v) is 9.38. The van der Waals surface area contributed by atoms with Gasteiger partial charge >= 0.3 is 0 Å². The molecule has 3 aromatic carbocycles. The van der Waals surface area contributed by atoms with Crippen LogP contribution in [0, 0.1) is 0 Å². The van der Waals surface area contributed by atoms with Gasteiger partial charge in [-0.15, -0.1) is 0 Å². The van der Waals surface area contributed by atoms with Gasteiger partial charge in [0.25, 0.3) is 0 Å². The molecule has 0 bridgehead atoms. The van der Waals surface area contributed by atoms with Gasteiger partial charge in [0.15, 0.2) is 0 Å². The summed E-state index contributed by atoms with van der Waals surface area (Å²) in [4.78, 5) is 0. The summed E-state index contributed by atoms with van der Waals surface area (Å²) in [5.41, 5.74) is 4.04. The second-order valence-electron chi connectivity index (χ2n) is 6.81. The number of hydrogen-bond acceptors (Lipinski definition) is 4. The van der Waals surface area contributed by atoms with Crippen LogP contribution in [0.15, 0.2) is 60.7 Å². The zero-order valence-corrected chi connectivity index (χ0v) is 16.3. The highest BCUT2D eigenvalue weighted by Gasteiger charge is 2.10. The molecule has 2 N–H and O–H groups in total. The summed E-state index contributed by atoms with van der Waals surface area (Å²) >= 11 is 0. The molecule has 0 spiro atoms. The van der Waals surface area contributed by atoms with Gasteiger partial charge in [-0.3, -0.25) is 0 Å². The smallest absolute Gasteiger partial charge is 0.122 e. The molecule has 0 amide bonds. The highest BCUT2D eigenvalue weighted by Crippen LogP contribution is 2.29. The molecule has 0 aliphatic rings. The van der Waals surface area contributed by atoms with Crippen molar-refractivity contribution in [2.24, 2.45) is 0 Å². The molecule has 0 heterocycles. The molecule has 0 radical (unpaired) electrons. The number of phenols is 2. The largest absolute Gasteiger partial charge is 0.508 e. The molecule has 3 aromatic rings. The Kier molecular flexibility index (Phi) is 6.43. The maximum Gasteiger partial charge on any atom is 0.122 e. The minimum Gasteiger partial charge on any atom is -0.508 e. The lowest BCUT2D eigenvalue weighted by molar-refractivity contribution is 0.414. The molecule has 146 valence electrons. The summed E-state index contributed by atoms with van der Waals surface area (Å²) in [5.74, 6) is 1.94. The van der Waals surface area contributed by atoms with Gasteiger partial charge in [0, 0.05) is 6.07 Å². The van der Waals surface area contributed by atoms with E-state index in [1.807, 2.05) is 54.6 Å². The van der Waals surface area contributed by atoms with Crippen LogP contribution in [0.5, 0.6) is 23.0 Å². The van der Waals surface area contributed by atoms with E-state index < -0.39 is 0 Å². The van der Waals surface area contributed by atoms with Gasteiger partial charge in [-0.2, -0.15) is 0 Å². The summed E-state index contributed by atoms with van der Waals surface area (Å²) in [6.45, 7) is 0. The van der Waals surface area contributed by atoms with Crippen molar-refractivity contribution >= 4 is 0 Å². The summed E-state index contributed by atoms with van der Waals surface area (Å²) < 4.78 is 10.4. The Morgan fingerprint density at radius 1 is 0.571 bits per heavy atom. The Bertz CT molecular complexity index is 826. The number of hydrogen-bond donors (Lipinski definition) is 2. The highest BCUT2D eigenvalue weighted by molar-refractivity contribution is 5.46. The first-order valence-electron chi connectivity index (χ1n) is 9.38. The van der Waals surface area contributed by atoms with Crippen LogP contribution >= 0.6 is 0 Å². The lowest BCUT2D eigenvalue weighted by Gasteiger charge is -2.11. The van der Waals surface area contributed by atoms with Gasteiger partial charge in [-0.25, -0.2) is 0 Å². The average molecular weight is 378 g/mol. The van der Waals surface area contributed by atoms with Gasteiger partial charge in [0.05, 0.1) is 14.2 Å². The fourth-order valence-corrected chi connectivity index (χ4v) is 3.22. The molecule has 28 heavy (non-hydrogen) atoms. The zero-order chi connectivity index (χ0) is 19.9. The first-order chi connectivity index (χ1) is 13.6. The third-order valence-corrected chi connectivity index (χ3v) is 4.96. The second-order valence-corrected chi connectivity index (χ2v) is 6.81. The fraction of sp³-hybridized carbons (Fsp3) is 0.250. The molecule has 0 aromatic heterocycles. The van der Waals surface area contributed by atoms with Gasteiger partial charge in [0.2, 0.25) is 0 Å². The predicted molar refractivity (Wildman–Crippen MR) is 111 cm³/mol. The Morgan fingerprint density at radius 3 is 1.32 bits per heavy atom.